The topological polar surface area (TPSA) is 27.3 Å². The molecule has 0 aliphatic carbocycles. The van der Waals surface area contributed by atoms with Crippen LogP contribution < -0.4 is 10.7 Å². The number of nitrogens with one attached hydrogen (secondary N) is 2. The lowest BCUT2D eigenvalue weighted by atomic mass is 10.00. The van der Waals surface area contributed by atoms with E-state index in [0.717, 1.165) is 5.69 Å². The lowest BCUT2D eigenvalue weighted by molar-refractivity contribution is 0.0750. The molecule has 1 fully saturated rings. The Balaban J connectivity index is 1.96. The maximum atomic E-state index is 5.42. The molecule has 1 aromatic rings. The summed E-state index contributed by atoms with van der Waals surface area (Å²) in [5, 5.41) is 6.23. The Labute approximate surface area is 121 Å². The molecule has 1 saturated heterocycles. The number of anilines is 1. The van der Waals surface area contributed by atoms with Crippen LogP contribution >= 0.6 is 12.2 Å². The van der Waals surface area contributed by atoms with E-state index in [1.165, 1.54) is 24.8 Å². The van der Waals surface area contributed by atoms with Crippen LogP contribution in [0.3, 0.4) is 0 Å². The lowest BCUT2D eigenvalue weighted by Gasteiger charge is -2.39. The van der Waals surface area contributed by atoms with Crippen LogP contribution in [0, 0.1) is 6.92 Å². The molecule has 1 heterocycles. The van der Waals surface area contributed by atoms with Crippen molar-refractivity contribution in [2.75, 3.05) is 5.32 Å². The van der Waals surface area contributed by atoms with E-state index in [2.05, 4.69) is 42.6 Å². The third kappa shape index (κ3) is 3.67. The molecule has 1 aromatic carbocycles. The number of piperidine rings is 1. The summed E-state index contributed by atoms with van der Waals surface area (Å²) >= 11 is 5.42. The highest BCUT2D eigenvalue weighted by molar-refractivity contribution is 7.80. The molecule has 2 atom stereocenters. The summed E-state index contributed by atoms with van der Waals surface area (Å²) in [5.74, 6) is 0. The highest BCUT2D eigenvalue weighted by Crippen LogP contribution is 2.20. The minimum absolute atomic E-state index is 0.528. The second-order valence-electron chi connectivity index (χ2n) is 5.42. The number of para-hydroxylation sites is 1. The smallest absolute Gasteiger partial charge is 0.185 e. The van der Waals surface area contributed by atoms with Crippen LogP contribution in [0.2, 0.25) is 0 Å². The van der Waals surface area contributed by atoms with E-state index in [-0.39, 0.29) is 0 Å². The zero-order valence-corrected chi connectivity index (χ0v) is 12.8. The monoisotopic (exact) mass is 277 g/mol. The van der Waals surface area contributed by atoms with E-state index in [1.807, 2.05) is 18.2 Å². The Morgan fingerprint density at radius 3 is 2.47 bits per heavy atom. The van der Waals surface area contributed by atoms with Gasteiger partial charge in [-0.25, -0.2) is 5.01 Å². The van der Waals surface area contributed by atoms with Crippen molar-refractivity contribution in [3.05, 3.63) is 29.8 Å². The number of hydrazine groups is 1. The molecule has 1 aliphatic heterocycles. The summed E-state index contributed by atoms with van der Waals surface area (Å²) in [5.41, 5.74) is 5.62. The minimum atomic E-state index is 0.528. The molecule has 0 spiro atoms. The minimum Gasteiger partial charge on any atom is -0.331 e. The second-order valence-corrected chi connectivity index (χ2v) is 5.83. The van der Waals surface area contributed by atoms with Crippen molar-refractivity contribution < 1.29 is 0 Å². The summed E-state index contributed by atoms with van der Waals surface area (Å²) < 4.78 is 0. The van der Waals surface area contributed by atoms with Crippen LogP contribution in [-0.2, 0) is 0 Å². The van der Waals surface area contributed by atoms with Crippen molar-refractivity contribution in [3.8, 4) is 0 Å². The number of rotatable bonds is 2. The van der Waals surface area contributed by atoms with Gasteiger partial charge < -0.3 is 5.32 Å². The first-order chi connectivity index (χ1) is 9.08. The number of thiocarbonyl (C=S) groups is 1. The fourth-order valence-corrected chi connectivity index (χ4v) is 2.84. The Bertz CT molecular complexity index is 437. The van der Waals surface area contributed by atoms with E-state index in [1.54, 1.807) is 0 Å². The van der Waals surface area contributed by atoms with Crippen LogP contribution in [0.4, 0.5) is 5.69 Å². The second kappa shape index (κ2) is 6.35. The normalized spacial score (nSPS) is 23.9. The van der Waals surface area contributed by atoms with Gasteiger partial charge in [0.15, 0.2) is 5.11 Å². The average molecular weight is 277 g/mol. The van der Waals surface area contributed by atoms with Crippen molar-refractivity contribution in [2.45, 2.75) is 52.1 Å². The van der Waals surface area contributed by atoms with E-state index in [4.69, 9.17) is 12.2 Å². The molecule has 19 heavy (non-hydrogen) atoms. The third-order valence-corrected chi connectivity index (χ3v) is 4.01. The molecule has 4 heteroatoms. The summed E-state index contributed by atoms with van der Waals surface area (Å²) in [6.07, 6.45) is 3.76. The molecule has 0 amide bonds. The van der Waals surface area contributed by atoms with Crippen LogP contribution in [0.1, 0.15) is 38.7 Å². The van der Waals surface area contributed by atoms with Gasteiger partial charge in [-0.05, 0) is 57.5 Å². The van der Waals surface area contributed by atoms with Gasteiger partial charge in [-0.2, -0.15) is 0 Å². The molecule has 0 radical (unpaired) electrons. The average Bonchev–Trinajstić information content (AvgIpc) is 2.37. The molecule has 104 valence electrons. The van der Waals surface area contributed by atoms with Crippen molar-refractivity contribution in [1.82, 2.24) is 10.4 Å². The van der Waals surface area contributed by atoms with Gasteiger partial charge >= 0.3 is 0 Å². The van der Waals surface area contributed by atoms with Crippen LogP contribution in [0.25, 0.3) is 0 Å². The molecular formula is C15H23N3S. The highest BCUT2D eigenvalue weighted by atomic mass is 32.1. The molecule has 3 nitrogen and oxygen atoms in total. The largest absolute Gasteiger partial charge is 0.331 e. The number of hydrogen-bond donors (Lipinski definition) is 2. The van der Waals surface area contributed by atoms with E-state index >= 15 is 0 Å². The summed E-state index contributed by atoms with van der Waals surface area (Å²) in [7, 11) is 0. The third-order valence-electron chi connectivity index (χ3n) is 3.82. The van der Waals surface area contributed by atoms with Gasteiger partial charge in [0.1, 0.15) is 0 Å². The molecule has 0 bridgehead atoms. The van der Waals surface area contributed by atoms with Gasteiger partial charge in [-0.1, -0.05) is 24.6 Å². The summed E-state index contributed by atoms with van der Waals surface area (Å²) in [4.78, 5) is 0. The van der Waals surface area contributed by atoms with Crippen molar-refractivity contribution in [2.24, 2.45) is 0 Å². The van der Waals surface area contributed by atoms with Crippen molar-refractivity contribution in [1.29, 1.82) is 0 Å². The van der Waals surface area contributed by atoms with Gasteiger partial charge in [-0.3, -0.25) is 5.43 Å². The molecule has 2 N–H and O–H groups in total. The number of hydrogen-bond acceptors (Lipinski definition) is 2. The van der Waals surface area contributed by atoms with Crippen LogP contribution in [0.5, 0.6) is 0 Å². The predicted octanol–water partition coefficient (Wildman–Crippen LogP) is 3.46. The predicted molar refractivity (Wildman–Crippen MR) is 85.1 cm³/mol. The quantitative estimate of drug-likeness (QED) is 0.810. The fourth-order valence-electron chi connectivity index (χ4n) is 2.62. The van der Waals surface area contributed by atoms with Gasteiger partial charge in [0.2, 0.25) is 0 Å². The van der Waals surface area contributed by atoms with Crippen LogP contribution in [-0.4, -0.2) is 22.2 Å². The summed E-state index contributed by atoms with van der Waals surface area (Å²) in [6, 6.07) is 9.24. The Morgan fingerprint density at radius 1 is 1.21 bits per heavy atom. The molecular weight excluding hydrogens is 254 g/mol. The molecule has 0 aromatic heterocycles. The molecule has 0 unspecified atom stereocenters. The maximum Gasteiger partial charge on any atom is 0.185 e. The van der Waals surface area contributed by atoms with E-state index < -0.39 is 0 Å². The summed E-state index contributed by atoms with van der Waals surface area (Å²) in [6.45, 7) is 6.58. The maximum absolute atomic E-state index is 5.42. The van der Waals surface area contributed by atoms with Crippen LogP contribution in [0.15, 0.2) is 24.3 Å². The van der Waals surface area contributed by atoms with Gasteiger partial charge in [0.05, 0.1) is 0 Å². The zero-order chi connectivity index (χ0) is 13.8. The number of benzene rings is 1. The molecule has 0 saturated carbocycles. The number of nitrogens with zero attached hydrogens (tertiary/aromatic N) is 1. The first-order valence-corrected chi connectivity index (χ1v) is 7.40. The first kappa shape index (κ1) is 14.3. The van der Waals surface area contributed by atoms with Crippen molar-refractivity contribution in [3.63, 3.8) is 0 Å². The zero-order valence-electron chi connectivity index (χ0n) is 11.9. The van der Waals surface area contributed by atoms with E-state index in [0.29, 0.717) is 17.2 Å². The Morgan fingerprint density at radius 2 is 1.84 bits per heavy atom. The lowest BCUT2D eigenvalue weighted by Crippen LogP contribution is -2.55. The van der Waals surface area contributed by atoms with E-state index in [9.17, 15) is 0 Å². The van der Waals surface area contributed by atoms with Crippen molar-refractivity contribution >= 4 is 23.0 Å². The fraction of sp³-hybridized carbons (Fsp3) is 0.533. The first-order valence-electron chi connectivity index (χ1n) is 6.99. The highest BCUT2D eigenvalue weighted by Gasteiger charge is 2.25. The number of aryl methyl sites for hydroxylation is 1. The standard InChI is InChI=1S/C15H23N3S/c1-11-7-4-5-10-14(11)16-15(19)17-18-12(2)8-6-9-13(18)3/h4-5,7,10,12-13H,6,8-9H2,1-3H3,(H2,16,17,19)/t12-,13+. The van der Waals surface area contributed by atoms with Gasteiger partial charge in [0.25, 0.3) is 0 Å². The van der Waals surface area contributed by atoms with Gasteiger partial charge in [-0.15, -0.1) is 0 Å². The Hall–Kier alpha value is -1.13. The molecule has 2 rings (SSSR count). The SMILES string of the molecule is Cc1ccccc1NC(=S)NN1[C@H](C)CCC[C@@H]1C. The Kier molecular flexibility index (Phi) is 4.77. The van der Waals surface area contributed by atoms with Gasteiger partial charge in [0, 0.05) is 17.8 Å². The molecule has 1 aliphatic rings.